The molecule has 3 heteroatoms. The molecular weight excluding hydrogens is 234 g/mol. The fourth-order valence-electron chi connectivity index (χ4n) is 3.11. The van der Waals surface area contributed by atoms with Crippen LogP contribution in [0.4, 0.5) is 0 Å². The lowest BCUT2D eigenvalue weighted by Gasteiger charge is -2.14. The van der Waals surface area contributed by atoms with Gasteiger partial charge in [0.15, 0.2) is 0 Å². The molecule has 2 saturated carbocycles. The smallest absolute Gasteiger partial charge is 0.0521 e. The average molecular weight is 261 g/mol. The van der Waals surface area contributed by atoms with E-state index >= 15 is 0 Å². The van der Waals surface area contributed by atoms with Crippen LogP contribution in [-0.4, -0.2) is 22.4 Å². The minimum atomic E-state index is 0.667. The number of aryl methyl sites for hydroxylation is 1. The Morgan fingerprint density at radius 2 is 1.89 bits per heavy atom. The SMILES string of the molecule is c1nn(C2CCCCCC2)cc1CCCNC1CC1. The molecule has 1 aromatic heterocycles. The van der Waals surface area contributed by atoms with Crippen molar-refractivity contribution in [2.75, 3.05) is 6.54 Å². The van der Waals surface area contributed by atoms with Crippen molar-refractivity contribution in [3.8, 4) is 0 Å². The van der Waals surface area contributed by atoms with Gasteiger partial charge in [-0.3, -0.25) is 4.68 Å². The summed E-state index contributed by atoms with van der Waals surface area (Å²) in [5.41, 5.74) is 1.42. The molecule has 0 unspecified atom stereocenters. The second-order valence-corrected chi connectivity index (χ2v) is 6.31. The molecule has 0 aromatic carbocycles. The fraction of sp³-hybridized carbons (Fsp3) is 0.812. The highest BCUT2D eigenvalue weighted by Crippen LogP contribution is 2.26. The summed E-state index contributed by atoms with van der Waals surface area (Å²) >= 11 is 0. The first kappa shape index (κ1) is 13.2. The highest BCUT2D eigenvalue weighted by Gasteiger charge is 2.19. The van der Waals surface area contributed by atoms with E-state index in [9.17, 15) is 0 Å². The Morgan fingerprint density at radius 1 is 1.11 bits per heavy atom. The number of nitrogens with zero attached hydrogens (tertiary/aromatic N) is 2. The van der Waals surface area contributed by atoms with Gasteiger partial charge in [-0.05, 0) is 50.6 Å². The summed E-state index contributed by atoms with van der Waals surface area (Å²) in [4.78, 5) is 0. The van der Waals surface area contributed by atoms with Crippen molar-refractivity contribution in [1.29, 1.82) is 0 Å². The Bertz CT molecular complexity index is 373. The Balaban J connectivity index is 1.44. The van der Waals surface area contributed by atoms with Crippen LogP contribution >= 0.6 is 0 Å². The molecule has 0 atom stereocenters. The molecule has 0 amide bonds. The third-order valence-corrected chi connectivity index (χ3v) is 4.51. The van der Waals surface area contributed by atoms with E-state index in [4.69, 9.17) is 0 Å². The highest BCUT2D eigenvalue weighted by atomic mass is 15.3. The number of hydrogen-bond donors (Lipinski definition) is 1. The third kappa shape index (κ3) is 4.07. The minimum absolute atomic E-state index is 0.667. The molecule has 0 spiro atoms. The predicted molar refractivity (Wildman–Crippen MR) is 78.3 cm³/mol. The number of hydrogen-bond acceptors (Lipinski definition) is 2. The van der Waals surface area contributed by atoms with Gasteiger partial charge in [-0.25, -0.2) is 0 Å². The molecule has 1 heterocycles. The van der Waals surface area contributed by atoms with E-state index in [1.165, 1.54) is 76.3 Å². The van der Waals surface area contributed by atoms with E-state index in [0.29, 0.717) is 6.04 Å². The Morgan fingerprint density at radius 3 is 2.63 bits per heavy atom. The fourth-order valence-corrected chi connectivity index (χ4v) is 3.11. The van der Waals surface area contributed by atoms with Gasteiger partial charge < -0.3 is 5.32 Å². The zero-order valence-electron chi connectivity index (χ0n) is 12.0. The van der Waals surface area contributed by atoms with Crippen molar-refractivity contribution in [2.24, 2.45) is 0 Å². The molecule has 2 aliphatic rings. The number of rotatable bonds is 6. The van der Waals surface area contributed by atoms with Gasteiger partial charge >= 0.3 is 0 Å². The van der Waals surface area contributed by atoms with Crippen LogP contribution in [0.3, 0.4) is 0 Å². The summed E-state index contributed by atoms with van der Waals surface area (Å²) < 4.78 is 2.25. The zero-order chi connectivity index (χ0) is 12.9. The van der Waals surface area contributed by atoms with Crippen LogP contribution < -0.4 is 5.32 Å². The largest absolute Gasteiger partial charge is 0.314 e. The van der Waals surface area contributed by atoms with Crippen LogP contribution in [0.25, 0.3) is 0 Å². The van der Waals surface area contributed by atoms with Crippen LogP contribution in [0, 0.1) is 0 Å². The van der Waals surface area contributed by atoms with Crippen molar-refractivity contribution < 1.29 is 0 Å². The van der Waals surface area contributed by atoms with Gasteiger partial charge in [-0.15, -0.1) is 0 Å². The molecule has 0 aliphatic heterocycles. The van der Waals surface area contributed by atoms with E-state index < -0.39 is 0 Å². The van der Waals surface area contributed by atoms with E-state index in [0.717, 1.165) is 6.04 Å². The van der Waals surface area contributed by atoms with Crippen molar-refractivity contribution >= 4 is 0 Å². The average Bonchev–Trinajstić information content (AvgIpc) is 3.19. The first-order valence-corrected chi connectivity index (χ1v) is 8.18. The standard InChI is InChI=1S/C16H27N3/c1-2-4-8-16(7-3-1)19-13-14(12-18-19)6-5-11-17-15-9-10-15/h12-13,15-17H,1-11H2. The lowest BCUT2D eigenvalue weighted by molar-refractivity contribution is 0.405. The molecule has 1 aromatic rings. The normalized spacial score (nSPS) is 21.5. The molecule has 19 heavy (non-hydrogen) atoms. The van der Waals surface area contributed by atoms with E-state index in [2.05, 4.69) is 27.5 Å². The number of nitrogens with one attached hydrogen (secondary N) is 1. The van der Waals surface area contributed by atoms with Gasteiger partial charge in [0.25, 0.3) is 0 Å². The lowest BCUT2D eigenvalue weighted by atomic mass is 10.1. The second-order valence-electron chi connectivity index (χ2n) is 6.31. The van der Waals surface area contributed by atoms with Crippen LogP contribution in [-0.2, 0) is 6.42 Å². The molecule has 2 aliphatic carbocycles. The van der Waals surface area contributed by atoms with Crippen molar-refractivity contribution in [3.63, 3.8) is 0 Å². The van der Waals surface area contributed by atoms with E-state index in [-0.39, 0.29) is 0 Å². The van der Waals surface area contributed by atoms with Crippen LogP contribution in [0.15, 0.2) is 12.4 Å². The maximum absolute atomic E-state index is 4.60. The Labute approximate surface area is 116 Å². The highest BCUT2D eigenvalue weighted by molar-refractivity contribution is 5.05. The topological polar surface area (TPSA) is 29.9 Å². The summed E-state index contributed by atoms with van der Waals surface area (Å²) in [5, 5.41) is 8.18. The first-order chi connectivity index (χ1) is 9.42. The molecular formula is C16H27N3. The first-order valence-electron chi connectivity index (χ1n) is 8.18. The minimum Gasteiger partial charge on any atom is -0.314 e. The van der Waals surface area contributed by atoms with Crippen molar-refractivity contribution in [3.05, 3.63) is 18.0 Å². The van der Waals surface area contributed by atoms with Crippen molar-refractivity contribution in [1.82, 2.24) is 15.1 Å². The second kappa shape index (κ2) is 6.56. The van der Waals surface area contributed by atoms with Gasteiger partial charge in [-0.1, -0.05) is 25.7 Å². The third-order valence-electron chi connectivity index (χ3n) is 4.51. The molecule has 3 rings (SSSR count). The zero-order valence-corrected chi connectivity index (χ0v) is 12.0. The van der Waals surface area contributed by atoms with Crippen LogP contribution in [0.2, 0.25) is 0 Å². The predicted octanol–water partition coefficient (Wildman–Crippen LogP) is 3.46. The van der Waals surface area contributed by atoms with Gasteiger partial charge in [0.05, 0.1) is 12.2 Å². The summed E-state index contributed by atoms with van der Waals surface area (Å²) in [7, 11) is 0. The number of aromatic nitrogens is 2. The monoisotopic (exact) mass is 261 g/mol. The van der Waals surface area contributed by atoms with Gasteiger partial charge in [-0.2, -0.15) is 5.10 Å². The molecule has 0 radical (unpaired) electrons. The molecule has 1 N–H and O–H groups in total. The Kier molecular flexibility index (Phi) is 4.54. The maximum Gasteiger partial charge on any atom is 0.0521 e. The van der Waals surface area contributed by atoms with Crippen LogP contribution in [0.1, 0.15) is 69.4 Å². The molecule has 0 saturated heterocycles. The molecule has 2 fully saturated rings. The van der Waals surface area contributed by atoms with Gasteiger partial charge in [0, 0.05) is 12.2 Å². The van der Waals surface area contributed by atoms with E-state index in [1.54, 1.807) is 0 Å². The molecule has 3 nitrogen and oxygen atoms in total. The van der Waals surface area contributed by atoms with Gasteiger partial charge in [0.2, 0.25) is 0 Å². The van der Waals surface area contributed by atoms with Crippen LogP contribution in [0.5, 0.6) is 0 Å². The van der Waals surface area contributed by atoms with Gasteiger partial charge in [0.1, 0.15) is 0 Å². The lowest BCUT2D eigenvalue weighted by Crippen LogP contribution is -2.17. The van der Waals surface area contributed by atoms with Crippen molar-refractivity contribution in [2.45, 2.75) is 76.3 Å². The maximum atomic E-state index is 4.60. The summed E-state index contributed by atoms with van der Waals surface area (Å²) in [6.45, 7) is 1.17. The molecule has 0 bridgehead atoms. The quantitative estimate of drug-likeness (QED) is 0.628. The van der Waals surface area contributed by atoms with E-state index in [1.807, 2.05) is 0 Å². The summed E-state index contributed by atoms with van der Waals surface area (Å²) in [5.74, 6) is 0. The Hall–Kier alpha value is -0.830. The molecule has 106 valence electrons. The summed E-state index contributed by atoms with van der Waals surface area (Å²) in [6.07, 6.45) is 17.8. The summed E-state index contributed by atoms with van der Waals surface area (Å²) in [6, 6.07) is 1.51.